The van der Waals surface area contributed by atoms with Gasteiger partial charge in [-0.1, -0.05) is 13.8 Å². The second-order valence-corrected chi connectivity index (χ2v) is 4.12. The van der Waals surface area contributed by atoms with E-state index in [1.807, 2.05) is 0 Å². The lowest BCUT2D eigenvalue weighted by atomic mass is 10.1. The summed E-state index contributed by atoms with van der Waals surface area (Å²) in [6.07, 6.45) is 2.53. The largest absolute Gasteiger partial charge is 0.381 e. The molecule has 1 atom stereocenters. The average Bonchev–Trinajstić information content (AvgIpc) is 2.49. The number of hydrogen-bond acceptors (Lipinski definition) is 2. The van der Waals surface area contributed by atoms with Crippen molar-refractivity contribution in [1.29, 1.82) is 0 Å². The first-order chi connectivity index (χ1) is 5.79. The first-order valence-corrected chi connectivity index (χ1v) is 5.07. The van der Waals surface area contributed by atoms with Crippen LogP contribution in [0, 0.1) is 11.8 Å². The standard InChI is InChI=1S/C10H21NO/c1-9(2)3-5-11-7-10-4-6-12-8-10/h9-11H,3-8H2,1-2H3. The molecular formula is C10H21NO. The van der Waals surface area contributed by atoms with E-state index in [2.05, 4.69) is 19.2 Å². The van der Waals surface area contributed by atoms with Crippen LogP contribution in [0.5, 0.6) is 0 Å². The molecule has 0 saturated carbocycles. The van der Waals surface area contributed by atoms with Crippen LogP contribution in [0.3, 0.4) is 0 Å². The molecular weight excluding hydrogens is 150 g/mol. The van der Waals surface area contributed by atoms with Gasteiger partial charge in [0.2, 0.25) is 0 Å². The Labute approximate surface area is 75.7 Å². The smallest absolute Gasteiger partial charge is 0.0507 e. The highest BCUT2D eigenvalue weighted by Gasteiger charge is 2.14. The maximum Gasteiger partial charge on any atom is 0.0507 e. The molecule has 0 aromatic heterocycles. The lowest BCUT2D eigenvalue weighted by Gasteiger charge is -2.10. The molecule has 1 fully saturated rings. The Morgan fingerprint density at radius 1 is 1.50 bits per heavy atom. The van der Waals surface area contributed by atoms with Crippen LogP contribution in [0.4, 0.5) is 0 Å². The predicted octanol–water partition coefficient (Wildman–Crippen LogP) is 1.66. The van der Waals surface area contributed by atoms with Gasteiger partial charge in [0.15, 0.2) is 0 Å². The molecule has 2 nitrogen and oxygen atoms in total. The number of nitrogens with one attached hydrogen (secondary N) is 1. The lowest BCUT2D eigenvalue weighted by molar-refractivity contribution is 0.185. The van der Waals surface area contributed by atoms with Crippen LogP contribution in [-0.2, 0) is 4.74 Å². The summed E-state index contributed by atoms with van der Waals surface area (Å²) in [5.41, 5.74) is 0. The van der Waals surface area contributed by atoms with Gasteiger partial charge in [-0.2, -0.15) is 0 Å². The Bertz CT molecular complexity index is 108. The topological polar surface area (TPSA) is 21.3 Å². The van der Waals surface area contributed by atoms with Crippen LogP contribution in [0.15, 0.2) is 0 Å². The van der Waals surface area contributed by atoms with Crippen molar-refractivity contribution >= 4 is 0 Å². The molecule has 2 heteroatoms. The van der Waals surface area contributed by atoms with Crippen LogP contribution >= 0.6 is 0 Å². The SMILES string of the molecule is CC(C)CCNCC1CCOC1. The molecule has 1 saturated heterocycles. The second-order valence-electron chi connectivity index (χ2n) is 4.12. The van der Waals surface area contributed by atoms with Gasteiger partial charge in [0.1, 0.15) is 0 Å². The molecule has 12 heavy (non-hydrogen) atoms. The summed E-state index contributed by atoms with van der Waals surface area (Å²) in [4.78, 5) is 0. The molecule has 0 radical (unpaired) electrons. The fraction of sp³-hybridized carbons (Fsp3) is 1.00. The van der Waals surface area contributed by atoms with Crippen molar-refractivity contribution in [3.8, 4) is 0 Å². The van der Waals surface area contributed by atoms with Crippen molar-refractivity contribution in [2.75, 3.05) is 26.3 Å². The van der Waals surface area contributed by atoms with E-state index in [0.717, 1.165) is 38.1 Å². The van der Waals surface area contributed by atoms with Gasteiger partial charge in [-0.05, 0) is 31.2 Å². The molecule has 1 N–H and O–H groups in total. The van der Waals surface area contributed by atoms with Gasteiger partial charge < -0.3 is 10.1 Å². The Morgan fingerprint density at radius 3 is 2.92 bits per heavy atom. The molecule has 0 aromatic rings. The van der Waals surface area contributed by atoms with Crippen LogP contribution < -0.4 is 5.32 Å². The van der Waals surface area contributed by atoms with E-state index in [4.69, 9.17) is 4.74 Å². The lowest BCUT2D eigenvalue weighted by Crippen LogP contribution is -2.24. The predicted molar refractivity (Wildman–Crippen MR) is 51.3 cm³/mol. The molecule has 0 aliphatic carbocycles. The van der Waals surface area contributed by atoms with Crippen molar-refractivity contribution in [2.24, 2.45) is 11.8 Å². The highest BCUT2D eigenvalue weighted by atomic mass is 16.5. The van der Waals surface area contributed by atoms with E-state index < -0.39 is 0 Å². The Balaban J connectivity index is 1.88. The van der Waals surface area contributed by atoms with Gasteiger partial charge in [0.25, 0.3) is 0 Å². The van der Waals surface area contributed by atoms with Crippen molar-refractivity contribution in [1.82, 2.24) is 5.32 Å². The number of ether oxygens (including phenoxy) is 1. The molecule has 1 heterocycles. The first-order valence-electron chi connectivity index (χ1n) is 5.07. The van der Waals surface area contributed by atoms with Gasteiger partial charge >= 0.3 is 0 Å². The summed E-state index contributed by atoms with van der Waals surface area (Å²) < 4.78 is 5.30. The van der Waals surface area contributed by atoms with E-state index in [0.29, 0.717) is 0 Å². The van der Waals surface area contributed by atoms with Gasteiger partial charge in [0, 0.05) is 13.2 Å². The van der Waals surface area contributed by atoms with E-state index in [-0.39, 0.29) is 0 Å². The minimum absolute atomic E-state index is 0.775. The zero-order valence-electron chi connectivity index (χ0n) is 8.31. The molecule has 0 aromatic carbocycles. The normalized spacial score (nSPS) is 23.8. The molecule has 1 aliphatic rings. The fourth-order valence-electron chi connectivity index (χ4n) is 1.44. The summed E-state index contributed by atoms with van der Waals surface area (Å²) in [7, 11) is 0. The molecule has 0 amide bonds. The van der Waals surface area contributed by atoms with Crippen molar-refractivity contribution in [3.63, 3.8) is 0 Å². The Hall–Kier alpha value is -0.0800. The van der Waals surface area contributed by atoms with Crippen LogP contribution in [0.2, 0.25) is 0 Å². The van der Waals surface area contributed by atoms with Crippen molar-refractivity contribution < 1.29 is 4.74 Å². The minimum Gasteiger partial charge on any atom is -0.381 e. The summed E-state index contributed by atoms with van der Waals surface area (Å²) in [6, 6.07) is 0. The molecule has 72 valence electrons. The molecule has 1 unspecified atom stereocenters. The minimum atomic E-state index is 0.775. The maximum atomic E-state index is 5.30. The third kappa shape index (κ3) is 4.07. The summed E-state index contributed by atoms with van der Waals surface area (Å²) in [6.45, 7) is 8.77. The van der Waals surface area contributed by atoms with Crippen LogP contribution in [0.25, 0.3) is 0 Å². The van der Waals surface area contributed by atoms with Crippen molar-refractivity contribution in [3.05, 3.63) is 0 Å². The number of hydrogen-bond donors (Lipinski definition) is 1. The van der Waals surface area contributed by atoms with Crippen LogP contribution in [-0.4, -0.2) is 26.3 Å². The van der Waals surface area contributed by atoms with E-state index in [9.17, 15) is 0 Å². The van der Waals surface area contributed by atoms with Crippen LogP contribution in [0.1, 0.15) is 26.7 Å². The Kier molecular flexibility index (Phi) is 4.62. The molecule has 1 aliphatic heterocycles. The second kappa shape index (κ2) is 5.55. The molecule has 0 spiro atoms. The fourth-order valence-corrected chi connectivity index (χ4v) is 1.44. The zero-order chi connectivity index (χ0) is 8.81. The van der Waals surface area contributed by atoms with Gasteiger partial charge in [-0.25, -0.2) is 0 Å². The van der Waals surface area contributed by atoms with E-state index >= 15 is 0 Å². The van der Waals surface area contributed by atoms with E-state index in [1.54, 1.807) is 0 Å². The van der Waals surface area contributed by atoms with Gasteiger partial charge in [-0.3, -0.25) is 0 Å². The van der Waals surface area contributed by atoms with Gasteiger partial charge in [-0.15, -0.1) is 0 Å². The van der Waals surface area contributed by atoms with Crippen molar-refractivity contribution in [2.45, 2.75) is 26.7 Å². The molecule has 1 rings (SSSR count). The Morgan fingerprint density at radius 2 is 2.33 bits per heavy atom. The highest BCUT2D eigenvalue weighted by molar-refractivity contribution is 4.66. The summed E-state index contributed by atoms with van der Waals surface area (Å²) in [5, 5.41) is 3.48. The summed E-state index contributed by atoms with van der Waals surface area (Å²) in [5.74, 6) is 1.59. The van der Waals surface area contributed by atoms with Gasteiger partial charge in [0.05, 0.1) is 6.61 Å². The first kappa shape index (κ1) is 10.0. The third-order valence-electron chi connectivity index (χ3n) is 2.36. The quantitative estimate of drug-likeness (QED) is 0.635. The maximum absolute atomic E-state index is 5.30. The zero-order valence-corrected chi connectivity index (χ0v) is 8.31. The molecule has 0 bridgehead atoms. The number of rotatable bonds is 5. The average molecular weight is 171 g/mol. The monoisotopic (exact) mass is 171 g/mol. The third-order valence-corrected chi connectivity index (χ3v) is 2.36. The summed E-state index contributed by atoms with van der Waals surface area (Å²) >= 11 is 0. The van der Waals surface area contributed by atoms with E-state index in [1.165, 1.54) is 12.8 Å². The highest BCUT2D eigenvalue weighted by Crippen LogP contribution is 2.10.